The highest BCUT2D eigenvalue weighted by molar-refractivity contribution is 7.14. The maximum absolute atomic E-state index is 12.2. The predicted octanol–water partition coefficient (Wildman–Crippen LogP) is 3.71. The number of rotatable bonds is 4. The lowest BCUT2D eigenvalue weighted by Gasteiger charge is -2.06. The minimum Gasteiger partial charge on any atom is -0.462 e. The SMILES string of the molecule is CCOC(=O)c1cc(-c2csc(-c3ccsc3)n2)c(=O)[nH]c1C. The van der Waals surface area contributed by atoms with Crippen LogP contribution in [0.5, 0.6) is 0 Å². The predicted molar refractivity (Wildman–Crippen MR) is 92.2 cm³/mol. The molecule has 118 valence electrons. The first-order chi connectivity index (χ1) is 11.1. The first kappa shape index (κ1) is 15.6. The number of H-pyrrole nitrogens is 1. The molecule has 0 saturated heterocycles. The number of pyridine rings is 1. The lowest BCUT2D eigenvalue weighted by Crippen LogP contribution is -2.16. The molecule has 0 aliphatic heterocycles. The van der Waals surface area contributed by atoms with Crippen LogP contribution in [0.15, 0.2) is 33.1 Å². The molecule has 7 heteroatoms. The van der Waals surface area contributed by atoms with Gasteiger partial charge in [-0.2, -0.15) is 11.3 Å². The van der Waals surface area contributed by atoms with Crippen molar-refractivity contribution in [2.24, 2.45) is 0 Å². The van der Waals surface area contributed by atoms with Crippen molar-refractivity contribution in [2.45, 2.75) is 13.8 Å². The van der Waals surface area contributed by atoms with Crippen LogP contribution in [0.1, 0.15) is 23.0 Å². The number of carbonyl (C=O) groups excluding carboxylic acids is 1. The van der Waals surface area contributed by atoms with E-state index in [-0.39, 0.29) is 12.2 Å². The normalized spacial score (nSPS) is 10.7. The molecule has 0 unspecified atom stereocenters. The molecule has 0 aromatic carbocycles. The molecule has 3 aromatic heterocycles. The Morgan fingerprint density at radius 1 is 1.39 bits per heavy atom. The van der Waals surface area contributed by atoms with Gasteiger partial charge in [-0.25, -0.2) is 9.78 Å². The average Bonchev–Trinajstić information content (AvgIpc) is 3.18. The average molecular weight is 346 g/mol. The quantitative estimate of drug-likeness (QED) is 0.731. The van der Waals surface area contributed by atoms with E-state index >= 15 is 0 Å². The van der Waals surface area contributed by atoms with E-state index in [4.69, 9.17) is 4.74 Å². The number of nitrogens with one attached hydrogen (secondary N) is 1. The maximum Gasteiger partial charge on any atom is 0.339 e. The zero-order valence-corrected chi connectivity index (χ0v) is 14.2. The van der Waals surface area contributed by atoms with E-state index in [0.717, 1.165) is 10.6 Å². The summed E-state index contributed by atoms with van der Waals surface area (Å²) in [7, 11) is 0. The summed E-state index contributed by atoms with van der Waals surface area (Å²) in [5.74, 6) is -0.448. The number of thiophene rings is 1. The van der Waals surface area contributed by atoms with Crippen LogP contribution in [0.4, 0.5) is 0 Å². The zero-order chi connectivity index (χ0) is 16.4. The summed E-state index contributed by atoms with van der Waals surface area (Å²) in [6.45, 7) is 3.70. The molecule has 0 atom stereocenters. The van der Waals surface area contributed by atoms with Crippen LogP contribution in [0.25, 0.3) is 21.8 Å². The fraction of sp³-hybridized carbons (Fsp3) is 0.188. The van der Waals surface area contributed by atoms with Gasteiger partial charge in [0.1, 0.15) is 5.01 Å². The van der Waals surface area contributed by atoms with Crippen molar-refractivity contribution in [3.05, 3.63) is 49.9 Å². The molecule has 0 aliphatic carbocycles. The molecule has 0 saturated carbocycles. The van der Waals surface area contributed by atoms with Crippen LogP contribution >= 0.6 is 22.7 Å². The Balaban J connectivity index is 2.04. The summed E-state index contributed by atoms with van der Waals surface area (Å²) >= 11 is 3.06. The largest absolute Gasteiger partial charge is 0.462 e. The fourth-order valence-corrected chi connectivity index (χ4v) is 3.68. The van der Waals surface area contributed by atoms with Crippen molar-refractivity contribution in [3.8, 4) is 21.8 Å². The fourth-order valence-electron chi connectivity index (χ4n) is 2.15. The van der Waals surface area contributed by atoms with Gasteiger partial charge in [-0.1, -0.05) is 0 Å². The molecular weight excluding hydrogens is 332 g/mol. The number of ether oxygens (including phenoxy) is 1. The molecule has 0 radical (unpaired) electrons. The second kappa shape index (κ2) is 6.47. The van der Waals surface area contributed by atoms with Crippen molar-refractivity contribution >= 4 is 28.6 Å². The monoisotopic (exact) mass is 346 g/mol. The third-order valence-electron chi connectivity index (χ3n) is 3.28. The summed E-state index contributed by atoms with van der Waals surface area (Å²) in [6.07, 6.45) is 0. The van der Waals surface area contributed by atoms with Gasteiger partial charge in [0.05, 0.1) is 23.4 Å². The smallest absolute Gasteiger partial charge is 0.339 e. The molecule has 0 spiro atoms. The third-order valence-corrected chi connectivity index (χ3v) is 4.86. The van der Waals surface area contributed by atoms with Crippen molar-refractivity contribution in [1.29, 1.82) is 0 Å². The number of carbonyl (C=O) groups is 1. The number of thiazole rings is 1. The summed E-state index contributed by atoms with van der Waals surface area (Å²) < 4.78 is 5.03. The summed E-state index contributed by atoms with van der Waals surface area (Å²) in [4.78, 5) is 31.4. The molecule has 0 aliphatic rings. The zero-order valence-electron chi connectivity index (χ0n) is 12.6. The van der Waals surface area contributed by atoms with Crippen molar-refractivity contribution in [3.63, 3.8) is 0 Å². The summed E-state index contributed by atoms with van der Waals surface area (Å²) in [6, 6.07) is 3.54. The van der Waals surface area contributed by atoms with E-state index in [1.54, 1.807) is 31.3 Å². The van der Waals surface area contributed by atoms with E-state index in [1.807, 2.05) is 22.2 Å². The lowest BCUT2D eigenvalue weighted by atomic mass is 10.1. The van der Waals surface area contributed by atoms with E-state index in [0.29, 0.717) is 22.5 Å². The Morgan fingerprint density at radius 2 is 2.22 bits per heavy atom. The highest BCUT2D eigenvalue weighted by Crippen LogP contribution is 2.29. The molecule has 1 N–H and O–H groups in total. The van der Waals surface area contributed by atoms with Gasteiger partial charge < -0.3 is 9.72 Å². The molecule has 0 fully saturated rings. The molecule has 0 amide bonds. The van der Waals surface area contributed by atoms with E-state index in [9.17, 15) is 9.59 Å². The standard InChI is InChI=1S/C16H14N2O3S2/c1-3-21-16(20)11-6-12(14(19)17-9(11)2)13-8-23-15(18-13)10-4-5-22-7-10/h4-8H,3H2,1-2H3,(H,17,19). The molecule has 3 rings (SSSR count). The van der Waals surface area contributed by atoms with Gasteiger partial charge in [-0.15, -0.1) is 11.3 Å². The minimum absolute atomic E-state index is 0.266. The number of aromatic nitrogens is 2. The second-order valence-corrected chi connectivity index (χ2v) is 6.46. The van der Waals surface area contributed by atoms with Crippen molar-refractivity contribution < 1.29 is 9.53 Å². The van der Waals surface area contributed by atoms with Gasteiger partial charge in [-0.05, 0) is 31.4 Å². The van der Waals surface area contributed by atoms with Crippen LogP contribution < -0.4 is 5.56 Å². The van der Waals surface area contributed by atoms with Crippen molar-refractivity contribution in [1.82, 2.24) is 9.97 Å². The Morgan fingerprint density at radius 3 is 2.91 bits per heavy atom. The number of aryl methyl sites for hydroxylation is 1. The lowest BCUT2D eigenvalue weighted by molar-refractivity contribution is 0.0525. The molecule has 5 nitrogen and oxygen atoms in total. The van der Waals surface area contributed by atoms with Gasteiger partial charge in [0.15, 0.2) is 0 Å². The van der Waals surface area contributed by atoms with E-state index in [1.165, 1.54) is 11.3 Å². The highest BCUT2D eigenvalue weighted by atomic mass is 32.1. The van der Waals surface area contributed by atoms with Gasteiger partial charge in [0.2, 0.25) is 0 Å². The van der Waals surface area contributed by atoms with Crippen LogP contribution in [0, 0.1) is 6.92 Å². The molecule has 23 heavy (non-hydrogen) atoms. The van der Waals surface area contributed by atoms with Gasteiger partial charge in [0.25, 0.3) is 5.56 Å². The first-order valence-corrected chi connectivity index (χ1v) is 8.82. The molecule has 3 heterocycles. The Kier molecular flexibility index (Phi) is 4.40. The Bertz CT molecular complexity index is 894. The number of hydrogen-bond donors (Lipinski definition) is 1. The van der Waals surface area contributed by atoms with E-state index < -0.39 is 5.97 Å². The van der Waals surface area contributed by atoms with Gasteiger partial charge in [0, 0.05) is 22.0 Å². The molecule has 3 aromatic rings. The topological polar surface area (TPSA) is 72.0 Å². The van der Waals surface area contributed by atoms with Gasteiger partial charge >= 0.3 is 5.97 Å². The Hall–Kier alpha value is -2.25. The van der Waals surface area contributed by atoms with Crippen LogP contribution in [-0.2, 0) is 4.74 Å². The molecule has 0 bridgehead atoms. The van der Waals surface area contributed by atoms with Gasteiger partial charge in [-0.3, -0.25) is 4.79 Å². The number of nitrogens with zero attached hydrogens (tertiary/aromatic N) is 1. The Labute approximate surface area is 140 Å². The van der Waals surface area contributed by atoms with Crippen LogP contribution in [-0.4, -0.2) is 22.5 Å². The molecular formula is C16H14N2O3S2. The van der Waals surface area contributed by atoms with E-state index in [2.05, 4.69) is 9.97 Å². The van der Waals surface area contributed by atoms with Crippen LogP contribution in [0.3, 0.4) is 0 Å². The summed E-state index contributed by atoms with van der Waals surface area (Å²) in [5.41, 5.74) is 2.54. The third kappa shape index (κ3) is 3.11. The number of hydrogen-bond acceptors (Lipinski definition) is 6. The number of esters is 1. The first-order valence-electron chi connectivity index (χ1n) is 6.99. The van der Waals surface area contributed by atoms with Crippen LogP contribution in [0.2, 0.25) is 0 Å². The second-order valence-electron chi connectivity index (χ2n) is 4.82. The highest BCUT2D eigenvalue weighted by Gasteiger charge is 2.17. The maximum atomic E-state index is 12.2. The summed E-state index contributed by atoms with van der Waals surface area (Å²) in [5, 5.41) is 6.65. The van der Waals surface area contributed by atoms with Crippen molar-refractivity contribution in [2.75, 3.05) is 6.61 Å². The minimum atomic E-state index is -0.448. The number of aromatic amines is 1.